The summed E-state index contributed by atoms with van der Waals surface area (Å²) in [4.78, 5) is 15.1. The van der Waals surface area contributed by atoms with Crippen molar-refractivity contribution in [2.45, 2.75) is 6.42 Å². The Hall–Kier alpha value is -2.30. The highest BCUT2D eigenvalue weighted by Crippen LogP contribution is 2.10. The number of anilines is 1. The van der Waals surface area contributed by atoms with Crippen LogP contribution in [0.25, 0.3) is 0 Å². The maximum absolute atomic E-state index is 11.1. The Morgan fingerprint density at radius 2 is 2.00 bits per heavy atom. The smallest absolute Gasteiger partial charge is 0.324 e. The highest BCUT2D eigenvalue weighted by atomic mass is 16.2. The molecule has 1 amide bonds. The third kappa shape index (κ3) is 2.03. The lowest BCUT2D eigenvalue weighted by molar-refractivity contribution is 0.249. The van der Waals surface area contributed by atoms with Crippen molar-refractivity contribution < 1.29 is 4.79 Å². The van der Waals surface area contributed by atoms with E-state index in [-0.39, 0.29) is 0 Å². The number of imidazole rings is 1. The van der Waals surface area contributed by atoms with E-state index in [9.17, 15) is 4.79 Å². The van der Waals surface area contributed by atoms with Gasteiger partial charge in [-0.05, 0) is 17.7 Å². The predicted molar refractivity (Wildman–Crippen MR) is 60.9 cm³/mol. The van der Waals surface area contributed by atoms with Gasteiger partial charge in [0.2, 0.25) is 0 Å². The number of primary amides is 1. The normalized spacial score (nSPS) is 10.2. The minimum atomic E-state index is -0.525. The van der Waals surface area contributed by atoms with Crippen LogP contribution in [0, 0.1) is 0 Å². The van der Waals surface area contributed by atoms with Gasteiger partial charge in [-0.3, -0.25) is 4.57 Å². The zero-order valence-corrected chi connectivity index (χ0v) is 8.63. The second-order valence-electron chi connectivity index (χ2n) is 3.47. The van der Waals surface area contributed by atoms with Crippen molar-refractivity contribution in [1.82, 2.24) is 9.55 Å². The number of aromatic nitrogens is 2. The van der Waals surface area contributed by atoms with Gasteiger partial charge in [0, 0.05) is 24.5 Å². The monoisotopic (exact) mass is 216 g/mol. The molecule has 0 bridgehead atoms. The van der Waals surface area contributed by atoms with Gasteiger partial charge in [0.1, 0.15) is 5.82 Å². The van der Waals surface area contributed by atoms with Crippen molar-refractivity contribution in [3.63, 3.8) is 0 Å². The fourth-order valence-electron chi connectivity index (χ4n) is 1.48. The van der Waals surface area contributed by atoms with Gasteiger partial charge in [-0.1, -0.05) is 12.1 Å². The average Bonchev–Trinajstić information content (AvgIpc) is 2.69. The van der Waals surface area contributed by atoms with E-state index in [0.717, 1.165) is 5.56 Å². The van der Waals surface area contributed by atoms with Gasteiger partial charge in [-0.15, -0.1) is 0 Å². The van der Waals surface area contributed by atoms with Crippen molar-refractivity contribution in [2.24, 2.45) is 5.73 Å². The first-order chi connectivity index (χ1) is 7.66. The van der Waals surface area contributed by atoms with Gasteiger partial charge in [0.15, 0.2) is 0 Å². The van der Waals surface area contributed by atoms with Crippen molar-refractivity contribution in [1.29, 1.82) is 0 Å². The first-order valence-electron chi connectivity index (χ1n) is 4.83. The maximum Gasteiger partial charge on any atom is 0.324 e. The molecule has 5 nitrogen and oxygen atoms in total. The van der Waals surface area contributed by atoms with Crippen LogP contribution in [-0.4, -0.2) is 15.6 Å². The quantitative estimate of drug-likeness (QED) is 0.733. The molecule has 4 N–H and O–H groups in total. The molecule has 0 saturated carbocycles. The van der Waals surface area contributed by atoms with Gasteiger partial charge < -0.3 is 11.5 Å². The largest absolute Gasteiger partial charge is 0.399 e. The number of amides is 1. The van der Waals surface area contributed by atoms with Crippen molar-refractivity contribution in [2.75, 3.05) is 5.73 Å². The molecular formula is C11H12N4O. The van der Waals surface area contributed by atoms with Crippen molar-refractivity contribution in [3.8, 4) is 0 Å². The summed E-state index contributed by atoms with van der Waals surface area (Å²) in [6.45, 7) is 0. The molecular weight excluding hydrogens is 204 g/mol. The van der Waals surface area contributed by atoms with E-state index in [1.165, 1.54) is 4.57 Å². The van der Waals surface area contributed by atoms with Gasteiger partial charge in [0.05, 0.1) is 0 Å². The summed E-state index contributed by atoms with van der Waals surface area (Å²) in [5, 5.41) is 0. The molecule has 0 aliphatic rings. The lowest BCUT2D eigenvalue weighted by Gasteiger charge is -2.03. The highest BCUT2D eigenvalue weighted by molar-refractivity contribution is 5.75. The first kappa shape index (κ1) is 10.2. The van der Waals surface area contributed by atoms with Crippen molar-refractivity contribution >= 4 is 11.7 Å². The van der Waals surface area contributed by atoms with Crippen molar-refractivity contribution in [3.05, 3.63) is 48.0 Å². The molecule has 0 atom stereocenters. The second-order valence-corrected chi connectivity index (χ2v) is 3.47. The number of nitrogens with zero attached hydrogens (tertiary/aromatic N) is 2. The third-order valence-electron chi connectivity index (χ3n) is 2.30. The first-order valence-corrected chi connectivity index (χ1v) is 4.83. The lowest BCUT2D eigenvalue weighted by atomic mass is 10.1. The van der Waals surface area contributed by atoms with Crippen LogP contribution in [0.3, 0.4) is 0 Å². The highest BCUT2D eigenvalue weighted by Gasteiger charge is 2.07. The number of carbonyl (C=O) groups is 1. The average molecular weight is 216 g/mol. The van der Waals surface area contributed by atoms with E-state index in [4.69, 9.17) is 11.5 Å². The summed E-state index contributed by atoms with van der Waals surface area (Å²) in [5.74, 6) is 0.622. The number of hydrogen-bond acceptors (Lipinski definition) is 3. The Morgan fingerprint density at radius 1 is 1.31 bits per heavy atom. The standard InChI is InChI=1S/C11H12N4O/c12-9-3-1-8(2-4-9)7-10-14-5-6-15(10)11(13)16/h1-6H,7,12H2,(H2,13,16). The van der Waals surface area contributed by atoms with E-state index in [0.29, 0.717) is 17.9 Å². The molecule has 0 aliphatic carbocycles. The van der Waals surface area contributed by atoms with Crippen LogP contribution in [-0.2, 0) is 6.42 Å². The SMILES string of the molecule is NC(=O)n1ccnc1Cc1ccc(N)cc1. The molecule has 0 fully saturated rings. The molecule has 0 spiro atoms. The summed E-state index contributed by atoms with van der Waals surface area (Å²) in [7, 11) is 0. The Balaban J connectivity index is 2.23. The molecule has 1 heterocycles. The van der Waals surface area contributed by atoms with Crippen LogP contribution in [0.1, 0.15) is 11.4 Å². The van der Waals surface area contributed by atoms with Gasteiger partial charge >= 0.3 is 6.03 Å². The molecule has 1 aromatic carbocycles. The predicted octanol–water partition coefficient (Wildman–Crippen LogP) is 0.983. The molecule has 2 rings (SSSR count). The molecule has 1 aromatic heterocycles. The molecule has 0 radical (unpaired) electrons. The number of carbonyl (C=O) groups excluding carboxylic acids is 1. The zero-order valence-electron chi connectivity index (χ0n) is 8.63. The van der Waals surface area contributed by atoms with Gasteiger partial charge in [-0.2, -0.15) is 0 Å². The fraction of sp³-hybridized carbons (Fsp3) is 0.0909. The minimum Gasteiger partial charge on any atom is -0.399 e. The Labute approximate surface area is 92.7 Å². The number of benzene rings is 1. The summed E-state index contributed by atoms with van der Waals surface area (Å²) in [6.07, 6.45) is 3.66. The van der Waals surface area contributed by atoms with Crippen LogP contribution in [0.5, 0.6) is 0 Å². The van der Waals surface area contributed by atoms with E-state index < -0.39 is 6.03 Å². The number of nitrogen functional groups attached to an aromatic ring is 1. The van der Waals surface area contributed by atoms with Gasteiger partial charge in [-0.25, -0.2) is 9.78 Å². The zero-order chi connectivity index (χ0) is 11.5. The molecule has 0 unspecified atom stereocenters. The minimum absolute atomic E-state index is 0.525. The summed E-state index contributed by atoms with van der Waals surface area (Å²) in [6, 6.07) is 6.90. The van der Waals surface area contributed by atoms with Gasteiger partial charge in [0.25, 0.3) is 0 Å². The fourth-order valence-corrected chi connectivity index (χ4v) is 1.48. The van der Waals surface area contributed by atoms with Crippen LogP contribution in [0.2, 0.25) is 0 Å². The molecule has 16 heavy (non-hydrogen) atoms. The summed E-state index contributed by atoms with van der Waals surface area (Å²) < 4.78 is 1.33. The summed E-state index contributed by atoms with van der Waals surface area (Å²) >= 11 is 0. The number of nitrogens with two attached hydrogens (primary N) is 2. The second kappa shape index (κ2) is 4.06. The van der Waals surface area contributed by atoms with Crippen LogP contribution in [0.4, 0.5) is 10.5 Å². The molecule has 5 heteroatoms. The van der Waals surface area contributed by atoms with E-state index >= 15 is 0 Å². The van der Waals surface area contributed by atoms with Crippen LogP contribution < -0.4 is 11.5 Å². The Morgan fingerprint density at radius 3 is 2.62 bits per heavy atom. The molecule has 2 aromatic rings. The van der Waals surface area contributed by atoms with E-state index in [2.05, 4.69) is 4.98 Å². The lowest BCUT2D eigenvalue weighted by Crippen LogP contribution is -2.21. The topological polar surface area (TPSA) is 86.9 Å². The molecule has 82 valence electrons. The Bertz CT molecular complexity index is 501. The van der Waals surface area contributed by atoms with Crippen LogP contribution in [0.15, 0.2) is 36.7 Å². The summed E-state index contributed by atoms with van der Waals surface area (Å²) in [5.41, 5.74) is 12.5. The van der Waals surface area contributed by atoms with E-state index in [1.807, 2.05) is 24.3 Å². The molecule has 0 aliphatic heterocycles. The van der Waals surface area contributed by atoms with E-state index in [1.54, 1.807) is 12.4 Å². The Kier molecular flexibility index (Phi) is 2.59. The number of rotatable bonds is 2. The third-order valence-corrected chi connectivity index (χ3v) is 2.30. The number of hydrogen-bond donors (Lipinski definition) is 2. The maximum atomic E-state index is 11.1. The molecule has 0 saturated heterocycles. The van der Waals surface area contributed by atoms with Crippen LogP contribution >= 0.6 is 0 Å².